The molecule has 4 heteroatoms. The summed E-state index contributed by atoms with van der Waals surface area (Å²) in [4.78, 5) is 17.8. The third-order valence-electron chi connectivity index (χ3n) is 4.01. The van der Waals surface area contributed by atoms with Gasteiger partial charge in [-0.1, -0.05) is 24.6 Å². The number of carboxylic acids is 1. The SMILES string of the molecule is O=C(O)C1CCCCN1Cc1ccnc2ccccc12. The highest BCUT2D eigenvalue weighted by Gasteiger charge is 2.28. The molecule has 4 nitrogen and oxygen atoms in total. The van der Waals surface area contributed by atoms with E-state index in [9.17, 15) is 9.90 Å². The largest absolute Gasteiger partial charge is 0.480 e. The topological polar surface area (TPSA) is 53.4 Å². The number of piperidine rings is 1. The van der Waals surface area contributed by atoms with Gasteiger partial charge in [-0.3, -0.25) is 14.7 Å². The molecule has 1 atom stereocenters. The molecule has 2 aromatic rings. The maximum Gasteiger partial charge on any atom is 0.320 e. The van der Waals surface area contributed by atoms with E-state index >= 15 is 0 Å². The summed E-state index contributed by atoms with van der Waals surface area (Å²) < 4.78 is 0. The zero-order valence-corrected chi connectivity index (χ0v) is 11.3. The molecule has 0 amide bonds. The van der Waals surface area contributed by atoms with Gasteiger partial charge in [-0.15, -0.1) is 0 Å². The van der Waals surface area contributed by atoms with Crippen molar-refractivity contribution in [1.29, 1.82) is 0 Å². The highest BCUT2D eigenvalue weighted by molar-refractivity contribution is 5.82. The number of fused-ring (bicyclic) bond motifs is 1. The summed E-state index contributed by atoms with van der Waals surface area (Å²) in [5.41, 5.74) is 2.12. The first kappa shape index (κ1) is 13.1. The first-order valence-electron chi connectivity index (χ1n) is 7.05. The second-order valence-corrected chi connectivity index (χ2v) is 5.31. The van der Waals surface area contributed by atoms with E-state index in [4.69, 9.17) is 0 Å². The van der Waals surface area contributed by atoms with Crippen molar-refractivity contribution in [2.75, 3.05) is 6.54 Å². The van der Waals surface area contributed by atoms with Crippen LogP contribution in [0.3, 0.4) is 0 Å². The Labute approximate surface area is 118 Å². The van der Waals surface area contributed by atoms with Crippen molar-refractivity contribution >= 4 is 16.9 Å². The van der Waals surface area contributed by atoms with Gasteiger partial charge in [-0.05, 0) is 37.1 Å². The molecule has 1 aromatic heterocycles. The van der Waals surface area contributed by atoms with Crippen LogP contribution in [0.2, 0.25) is 0 Å². The molecule has 0 bridgehead atoms. The van der Waals surface area contributed by atoms with Crippen molar-refractivity contribution in [3.8, 4) is 0 Å². The Balaban J connectivity index is 1.90. The average Bonchev–Trinajstić information content (AvgIpc) is 2.48. The van der Waals surface area contributed by atoms with E-state index in [0.29, 0.717) is 6.54 Å². The molecule has 20 heavy (non-hydrogen) atoms. The van der Waals surface area contributed by atoms with Gasteiger partial charge in [0.2, 0.25) is 0 Å². The predicted molar refractivity (Wildman–Crippen MR) is 77.4 cm³/mol. The number of pyridine rings is 1. The van der Waals surface area contributed by atoms with Crippen molar-refractivity contribution in [3.63, 3.8) is 0 Å². The Morgan fingerprint density at radius 1 is 1.30 bits per heavy atom. The van der Waals surface area contributed by atoms with Crippen LogP contribution >= 0.6 is 0 Å². The van der Waals surface area contributed by atoms with E-state index in [1.54, 1.807) is 6.20 Å². The highest BCUT2D eigenvalue weighted by atomic mass is 16.4. The van der Waals surface area contributed by atoms with Crippen LogP contribution in [0.1, 0.15) is 24.8 Å². The highest BCUT2D eigenvalue weighted by Crippen LogP contribution is 2.23. The normalized spacial score (nSPS) is 20.1. The van der Waals surface area contributed by atoms with Gasteiger partial charge in [0.15, 0.2) is 0 Å². The second kappa shape index (κ2) is 5.59. The number of hydrogen-bond donors (Lipinski definition) is 1. The number of hydrogen-bond acceptors (Lipinski definition) is 3. The number of rotatable bonds is 3. The maximum absolute atomic E-state index is 11.4. The summed E-state index contributed by atoms with van der Waals surface area (Å²) in [5.74, 6) is -0.705. The average molecular weight is 270 g/mol. The summed E-state index contributed by atoms with van der Waals surface area (Å²) in [6.45, 7) is 1.54. The fourth-order valence-electron chi connectivity index (χ4n) is 2.97. The number of benzene rings is 1. The minimum atomic E-state index is -0.705. The third kappa shape index (κ3) is 2.51. The number of aliphatic carboxylic acids is 1. The van der Waals surface area contributed by atoms with Crippen molar-refractivity contribution < 1.29 is 9.90 Å². The molecule has 1 aliphatic rings. The Kier molecular flexibility index (Phi) is 3.65. The number of carbonyl (C=O) groups is 1. The van der Waals surface area contributed by atoms with Crippen molar-refractivity contribution in [2.24, 2.45) is 0 Å². The van der Waals surface area contributed by atoms with E-state index in [2.05, 4.69) is 16.0 Å². The molecule has 0 spiro atoms. The number of carboxylic acid groups (broad SMARTS) is 1. The lowest BCUT2D eigenvalue weighted by Crippen LogP contribution is -2.44. The lowest BCUT2D eigenvalue weighted by molar-refractivity contribution is -0.144. The van der Waals surface area contributed by atoms with Gasteiger partial charge in [0, 0.05) is 18.1 Å². The lowest BCUT2D eigenvalue weighted by Gasteiger charge is -2.33. The van der Waals surface area contributed by atoms with Crippen LogP contribution in [-0.4, -0.2) is 33.5 Å². The third-order valence-corrected chi connectivity index (χ3v) is 4.01. The molecule has 0 saturated carbocycles. The van der Waals surface area contributed by atoms with Gasteiger partial charge < -0.3 is 5.11 Å². The molecule has 0 radical (unpaired) electrons. The molecule has 0 aliphatic carbocycles. The van der Waals surface area contributed by atoms with Gasteiger partial charge in [0.05, 0.1) is 5.52 Å². The van der Waals surface area contributed by atoms with Crippen LogP contribution < -0.4 is 0 Å². The smallest absolute Gasteiger partial charge is 0.320 e. The number of likely N-dealkylation sites (tertiary alicyclic amines) is 1. The first-order chi connectivity index (χ1) is 9.75. The van der Waals surface area contributed by atoms with E-state index in [0.717, 1.165) is 42.3 Å². The van der Waals surface area contributed by atoms with Crippen LogP contribution in [0.15, 0.2) is 36.5 Å². The summed E-state index contributed by atoms with van der Waals surface area (Å²) in [6.07, 6.45) is 4.63. The maximum atomic E-state index is 11.4. The van der Waals surface area contributed by atoms with Crippen LogP contribution in [0.4, 0.5) is 0 Å². The molecule has 1 aromatic carbocycles. The van der Waals surface area contributed by atoms with E-state index in [1.165, 1.54) is 0 Å². The minimum absolute atomic E-state index is 0.351. The van der Waals surface area contributed by atoms with E-state index < -0.39 is 5.97 Å². The van der Waals surface area contributed by atoms with Gasteiger partial charge in [0.1, 0.15) is 6.04 Å². The van der Waals surface area contributed by atoms with E-state index in [1.807, 2.05) is 24.3 Å². The standard InChI is InChI=1S/C16H18N2O2/c19-16(20)15-7-3-4-10-18(15)11-12-8-9-17-14-6-2-1-5-13(12)14/h1-2,5-6,8-9,15H,3-4,7,10-11H2,(H,19,20). The fourth-order valence-corrected chi connectivity index (χ4v) is 2.97. The zero-order chi connectivity index (χ0) is 13.9. The van der Waals surface area contributed by atoms with Crippen LogP contribution in [0.25, 0.3) is 10.9 Å². The number of aromatic nitrogens is 1. The molecule has 1 saturated heterocycles. The Morgan fingerprint density at radius 3 is 3.00 bits per heavy atom. The van der Waals surface area contributed by atoms with Crippen LogP contribution in [0, 0.1) is 0 Å². The summed E-state index contributed by atoms with van der Waals surface area (Å²) in [7, 11) is 0. The predicted octanol–water partition coefficient (Wildman–Crippen LogP) is 2.67. The van der Waals surface area contributed by atoms with Crippen molar-refractivity contribution in [3.05, 3.63) is 42.1 Å². The number of nitrogens with zero attached hydrogens (tertiary/aromatic N) is 2. The van der Waals surface area contributed by atoms with Crippen molar-refractivity contribution in [2.45, 2.75) is 31.8 Å². The molecule has 1 aliphatic heterocycles. The van der Waals surface area contributed by atoms with E-state index in [-0.39, 0.29) is 6.04 Å². The minimum Gasteiger partial charge on any atom is -0.480 e. The molecule has 1 N–H and O–H groups in total. The first-order valence-corrected chi connectivity index (χ1v) is 7.05. The van der Waals surface area contributed by atoms with Crippen LogP contribution in [-0.2, 0) is 11.3 Å². The number of para-hydroxylation sites is 1. The Bertz CT molecular complexity index is 621. The van der Waals surface area contributed by atoms with Gasteiger partial charge in [-0.25, -0.2) is 0 Å². The molecule has 2 heterocycles. The molecule has 3 rings (SSSR count). The molecule has 1 unspecified atom stereocenters. The monoisotopic (exact) mass is 270 g/mol. The molecular formula is C16H18N2O2. The lowest BCUT2D eigenvalue weighted by atomic mass is 10.0. The zero-order valence-electron chi connectivity index (χ0n) is 11.3. The molecule has 1 fully saturated rings. The second-order valence-electron chi connectivity index (χ2n) is 5.31. The van der Waals surface area contributed by atoms with Crippen molar-refractivity contribution in [1.82, 2.24) is 9.88 Å². The quantitative estimate of drug-likeness (QED) is 0.931. The summed E-state index contributed by atoms with van der Waals surface area (Å²) in [5, 5.41) is 10.5. The molecular weight excluding hydrogens is 252 g/mol. The molecule has 104 valence electrons. The van der Waals surface area contributed by atoms with Gasteiger partial charge >= 0.3 is 5.97 Å². The van der Waals surface area contributed by atoms with Gasteiger partial charge in [0.25, 0.3) is 0 Å². The fraction of sp³-hybridized carbons (Fsp3) is 0.375. The van der Waals surface area contributed by atoms with Gasteiger partial charge in [-0.2, -0.15) is 0 Å². The van der Waals surface area contributed by atoms with Crippen LogP contribution in [0.5, 0.6) is 0 Å². The summed E-state index contributed by atoms with van der Waals surface area (Å²) in [6, 6.07) is 9.66. The Morgan fingerprint density at radius 2 is 2.15 bits per heavy atom. The Hall–Kier alpha value is -1.94. The summed E-state index contributed by atoms with van der Waals surface area (Å²) >= 11 is 0.